The van der Waals surface area contributed by atoms with Gasteiger partial charge in [-0.25, -0.2) is 0 Å². The number of aliphatic carboxylic acids is 1. The molecule has 0 aromatic heterocycles. The fourth-order valence-corrected chi connectivity index (χ4v) is 2.77. The molecule has 122 valence electrons. The number of benzene rings is 1. The van der Waals surface area contributed by atoms with Crippen molar-refractivity contribution in [2.75, 3.05) is 19.4 Å². The van der Waals surface area contributed by atoms with Crippen LogP contribution in [0.2, 0.25) is 0 Å². The molecule has 0 aliphatic carbocycles. The van der Waals surface area contributed by atoms with Gasteiger partial charge in [-0.15, -0.1) is 11.8 Å². The highest BCUT2D eigenvalue weighted by molar-refractivity contribution is 7.99. The Morgan fingerprint density at radius 2 is 2.00 bits per heavy atom. The van der Waals surface area contributed by atoms with Crippen LogP contribution in [-0.4, -0.2) is 36.4 Å². The van der Waals surface area contributed by atoms with Gasteiger partial charge in [-0.05, 0) is 30.7 Å². The molecular formula is C16H23NO4S. The van der Waals surface area contributed by atoms with Crippen LogP contribution in [0.4, 0.5) is 0 Å². The van der Waals surface area contributed by atoms with Gasteiger partial charge in [0.25, 0.3) is 0 Å². The van der Waals surface area contributed by atoms with Crippen molar-refractivity contribution in [3.05, 3.63) is 24.3 Å². The summed E-state index contributed by atoms with van der Waals surface area (Å²) in [6.45, 7) is 2.14. The number of rotatable bonds is 10. The summed E-state index contributed by atoms with van der Waals surface area (Å²) in [6, 6.07) is 7.65. The maximum absolute atomic E-state index is 11.7. The smallest absolute Gasteiger partial charge is 0.308 e. The molecule has 0 spiro atoms. The molecule has 5 nitrogen and oxygen atoms in total. The normalized spacial score (nSPS) is 11.7. The van der Waals surface area contributed by atoms with E-state index in [1.807, 2.05) is 31.2 Å². The van der Waals surface area contributed by atoms with Crippen molar-refractivity contribution in [3.8, 4) is 5.75 Å². The molecule has 1 atom stereocenters. The van der Waals surface area contributed by atoms with E-state index in [-0.39, 0.29) is 12.5 Å². The van der Waals surface area contributed by atoms with Crippen molar-refractivity contribution in [2.45, 2.75) is 31.1 Å². The number of hydrogen-bond acceptors (Lipinski definition) is 4. The predicted molar refractivity (Wildman–Crippen MR) is 87.4 cm³/mol. The molecule has 0 radical (unpaired) electrons. The third-order valence-electron chi connectivity index (χ3n) is 3.19. The Hall–Kier alpha value is -1.69. The number of thioether (sulfide) groups is 1. The van der Waals surface area contributed by atoms with Crippen LogP contribution in [0.3, 0.4) is 0 Å². The van der Waals surface area contributed by atoms with E-state index in [4.69, 9.17) is 9.84 Å². The fraction of sp³-hybridized carbons (Fsp3) is 0.500. The highest BCUT2D eigenvalue weighted by Gasteiger charge is 2.16. The number of carboxylic acids is 1. The molecule has 0 saturated heterocycles. The van der Waals surface area contributed by atoms with Crippen LogP contribution < -0.4 is 10.1 Å². The van der Waals surface area contributed by atoms with E-state index in [0.29, 0.717) is 18.6 Å². The summed E-state index contributed by atoms with van der Waals surface area (Å²) in [7, 11) is 1.62. The van der Waals surface area contributed by atoms with Crippen molar-refractivity contribution in [1.82, 2.24) is 5.32 Å². The van der Waals surface area contributed by atoms with Crippen molar-refractivity contribution >= 4 is 23.6 Å². The standard InChI is InChI=1S/C16H23NO4S/c1-3-4-12(16(19)20)11-17-15(18)9-10-22-14-7-5-13(21-2)6-8-14/h5-8,12H,3-4,9-11H2,1-2H3,(H,17,18)(H,19,20). The number of carbonyl (C=O) groups is 2. The summed E-state index contributed by atoms with van der Waals surface area (Å²) < 4.78 is 5.08. The van der Waals surface area contributed by atoms with Crippen LogP contribution in [0, 0.1) is 5.92 Å². The van der Waals surface area contributed by atoms with Crippen LogP contribution in [-0.2, 0) is 9.59 Å². The minimum Gasteiger partial charge on any atom is -0.497 e. The van der Waals surface area contributed by atoms with Gasteiger partial charge in [-0.3, -0.25) is 9.59 Å². The van der Waals surface area contributed by atoms with Crippen LogP contribution in [0.1, 0.15) is 26.2 Å². The molecule has 0 aliphatic rings. The molecule has 0 fully saturated rings. The lowest BCUT2D eigenvalue weighted by Gasteiger charge is -2.12. The Bertz CT molecular complexity index is 476. The maximum atomic E-state index is 11.7. The van der Waals surface area contributed by atoms with Gasteiger partial charge in [0, 0.05) is 23.6 Å². The number of carbonyl (C=O) groups excluding carboxylic acids is 1. The van der Waals surface area contributed by atoms with Gasteiger partial charge in [0.1, 0.15) is 5.75 Å². The first-order valence-corrected chi connectivity index (χ1v) is 8.31. The Morgan fingerprint density at radius 1 is 1.32 bits per heavy atom. The first kappa shape index (κ1) is 18.4. The van der Waals surface area contributed by atoms with Gasteiger partial charge in [0.15, 0.2) is 0 Å². The number of carboxylic acid groups (broad SMARTS) is 1. The number of nitrogens with one attached hydrogen (secondary N) is 1. The quantitative estimate of drug-likeness (QED) is 0.647. The highest BCUT2D eigenvalue weighted by Crippen LogP contribution is 2.21. The van der Waals surface area contributed by atoms with Crippen molar-refractivity contribution in [2.24, 2.45) is 5.92 Å². The molecule has 1 amide bonds. The summed E-state index contributed by atoms with van der Waals surface area (Å²) in [5, 5.41) is 11.7. The number of amides is 1. The van der Waals surface area contributed by atoms with Gasteiger partial charge in [0.05, 0.1) is 13.0 Å². The predicted octanol–water partition coefficient (Wildman–Crippen LogP) is 2.79. The third kappa shape index (κ3) is 6.85. The molecule has 22 heavy (non-hydrogen) atoms. The number of hydrogen-bond donors (Lipinski definition) is 2. The minimum atomic E-state index is -0.852. The van der Waals surface area contributed by atoms with Crippen molar-refractivity contribution in [1.29, 1.82) is 0 Å². The average molecular weight is 325 g/mol. The van der Waals surface area contributed by atoms with E-state index in [9.17, 15) is 9.59 Å². The first-order valence-electron chi connectivity index (χ1n) is 7.33. The molecule has 0 aliphatic heterocycles. The Balaban J connectivity index is 2.26. The molecule has 2 N–H and O–H groups in total. The lowest BCUT2D eigenvalue weighted by atomic mass is 10.0. The Labute approximate surface area is 135 Å². The molecule has 6 heteroatoms. The lowest BCUT2D eigenvalue weighted by Crippen LogP contribution is -2.33. The number of methoxy groups -OCH3 is 1. The Kier molecular flexibility index (Phi) is 8.43. The summed E-state index contributed by atoms with van der Waals surface area (Å²) in [6.07, 6.45) is 1.74. The second-order valence-corrected chi connectivity index (χ2v) is 6.07. The van der Waals surface area contributed by atoms with Crippen molar-refractivity contribution < 1.29 is 19.4 Å². The zero-order valence-corrected chi connectivity index (χ0v) is 13.8. The van der Waals surface area contributed by atoms with Gasteiger partial charge in [0.2, 0.25) is 5.91 Å². The lowest BCUT2D eigenvalue weighted by molar-refractivity contribution is -0.141. The molecule has 1 rings (SSSR count). The second-order valence-electron chi connectivity index (χ2n) is 4.90. The maximum Gasteiger partial charge on any atom is 0.308 e. The van der Waals surface area contributed by atoms with E-state index in [1.54, 1.807) is 18.9 Å². The van der Waals surface area contributed by atoms with Crippen LogP contribution in [0.5, 0.6) is 5.75 Å². The summed E-state index contributed by atoms with van der Waals surface area (Å²) >= 11 is 1.59. The van der Waals surface area contributed by atoms with Crippen LogP contribution in [0.15, 0.2) is 29.2 Å². The summed E-state index contributed by atoms with van der Waals surface area (Å²) in [5.41, 5.74) is 0. The SMILES string of the molecule is CCCC(CNC(=O)CCSc1ccc(OC)cc1)C(=O)O. The summed E-state index contributed by atoms with van der Waals surface area (Å²) in [4.78, 5) is 23.8. The number of ether oxygens (including phenoxy) is 1. The van der Waals surface area contributed by atoms with E-state index in [2.05, 4.69) is 5.32 Å². The van der Waals surface area contributed by atoms with Crippen molar-refractivity contribution in [3.63, 3.8) is 0 Å². The van der Waals surface area contributed by atoms with E-state index < -0.39 is 11.9 Å². The third-order valence-corrected chi connectivity index (χ3v) is 4.20. The van der Waals surface area contributed by atoms with Crippen LogP contribution >= 0.6 is 11.8 Å². The van der Waals surface area contributed by atoms with Gasteiger partial charge < -0.3 is 15.2 Å². The highest BCUT2D eigenvalue weighted by atomic mass is 32.2. The molecule has 0 saturated carbocycles. The van der Waals surface area contributed by atoms with Gasteiger partial charge in [-0.1, -0.05) is 13.3 Å². The molecule has 0 heterocycles. The monoisotopic (exact) mass is 325 g/mol. The van der Waals surface area contributed by atoms with E-state index in [1.165, 1.54) is 0 Å². The molecule has 1 aromatic carbocycles. The van der Waals surface area contributed by atoms with Gasteiger partial charge >= 0.3 is 5.97 Å². The van der Waals surface area contributed by atoms with E-state index in [0.717, 1.165) is 17.1 Å². The molecular weight excluding hydrogens is 302 g/mol. The second kappa shape index (κ2) is 10.1. The van der Waals surface area contributed by atoms with E-state index >= 15 is 0 Å². The first-order chi connectivity index (χ1) is 10.6. The molecule has 1 unspecified atom stereocenters. The topological polar surface area (TPSA) is 75.6 Å². The molecule has 0 bridgehead atoms. The largest absolute Gasteiger partial charge is 0.497 e. The zero-order valence-electron chi connectivity index (χ0n) is 13.0. The van der Waals surface area contributed by atoms with Crippen LogP contribution in [0.25, 0.3) is 0 Å². The Morgan fingerprint density at radius 3 is 2.55 bits per heavy atom. The zero-order chi connectivity index (χ0) is 16.4. The molecule has 1 aromatic rings. The summed E-state index contributed by atoms with van der Waals surface area (Å²) in [5.74, 6) is 0.00276. The van der Waals surface area contributed by atoms with Gasteiger partial charge in [-0.2, -0.15) is 0 Å². The average Bonchev–Trinajstić information content (AvgIpc) is 2.51. The fourth-order valence-electron chi connectivity index (χ4n) is 1.92. The minimum absolute atomic E-state index is 0.108.